The third kappa shape index (κ3) is 4.72. The number of nitro groups is 1. The molecule has 0 fully saturated rings. The number of nitro benzene ring substituents is 1. The Bertz CT molecular complexity index is 892. The van der Waals surface area contributed by atoms with Gasteiger partial charge in [-0.15, -0.1) is 11.8 Å². The molecule has 0 bridgehead atoms. The first-order chi connectivity index (χ1) is 12.9. The predicted molar refractivity (Wildman–Crippen MR) is 90.3 cm³/mol. The summed E-state index contributed by atoms with van der Waals surface area (Å²) in [4.78, 5) is 22.4. The van der Waals surface area contributed by atoms with E-state index in [1.807, 2.05) is 0 Å². The zero-order chi connectivity index (χ0) is 19.4. The van der Waals surface area contributed by atoms with Gasteiger partial charge in [0.1, 0.15) is 24.0 Å². The molecule has 0 saturated carbocycles. The van der Waals surface area contributed by atoms with Crippen LogP contribution in [0.4, 0.5) is 14.5 Å². The average molecular weight is 397 g/mol. The van der Waals surface area contributed by atoms with Crippen molar-refractivity contribution in [2.75, 3.05) is 12.5 Å². The van der Waals surface area contributed by atoms with Crippen molar-refractivity contribution in [1.82, 2.24) is 0 Å². The highest BCUT2D eigenvalue weighted by atomic mass is 32.2. The van der Waals surface area contributed by atoms with Gasteiger partial charge in [-0.1, -0.05) is 0 Å². The van der Waals surface area contributed by atoms with Gasteiger partial charge < -0.3 is 14.2 Å². The van der Waals surface area contributed by atoms with E-state index in [1.165, 1.54) is 12.1 Å². The second-order valence-corrected chi connectivity index (χ2v) is 6.50. The molecule has 1 heterocycles. The molecule has 0 unspecified atom stereocenters. The van der Waals surface area contributed by atoms with Gasteiger partial charge >= 0.3 is 5.97 Å². The fourth-order valence-electron chi connectivity index (χ4n) is 2.42. The Morgan fingerprint density at radius 1 is 1.30 bits per heavy atom. The lowest BCUT2D eigenvalue weighted by atomic mass is 10.1. The number of non-ortho nitro benzene ring substituents is 1. The number of carbonyl (C=O) groups is 1. The Balaban J connectivity index is 1.65. The first-order valence-corrected chi connectivity index (χ1v) is 8.67. The van der Waals surface area contributed by atoms with Gasteiger partial charge in [0.2, 0.25) is 0 Å². The highest BCUT2D eigenvalue weighted by molar-refractivity contribution is 8.00. The highest BCUT2D eigenvalue weighted by Gasteiger charge is 2.22. The van der Waals surface area contributed by atoms with Gasteiger partial charge in [0.25, 0.3) is 5.69 Å². The van der Waals surface area contributed by atoms with E-state index in [9.17, 15) is 23.7 Å². The Morgan fingerprint density at radius 2 is 2.11 bits per heavy atom. The summed E-state index contributed by atoms with van der Waals surface area (Å²) in [5.74, 6) is -1.81. The van der Waals surface area contributed by atoms with Gasteiger partial charge in [0, 0.05) is 28.2 Å². The lowest BCUT2D eigenvalue weighted by Crippen LogP contribution is -2.15. The number of esters is 1. The van der Waals surface area contributed by atoms with Crippen LogP contribution in [0.1, 0.15) is 11.1 Å². The lowest BCUT2D eigenvalue weighted by molar-refractivity contribution is -0.385. The molecule has 2 aromatic rings. The Kier molecular flexibility index (Phi) is 5.87. The molecule has 0 saturated heterocycles. The number of halogens is 2. The van der Waals surface area contributed by atoms with Gasteiger partial charge in [0.05, 0.1) is 17.3 Å². The van der Waals surface area contributed by atoms with Gasteiger partial charge in [-0.2, -0.15) is 0 Å². The SMILES string of the molecule is O=C(CSc1cc(F)ccc1F)OCc1cc([N+](=O)[O-])cc2c1OCOC2. The van der Waals surface area contributed by atoms with Crippen LogP contribution in [0.5, 0.6) is 5.75 Å². The van der Waals surface area contributed by atoms with Crippen molar-refractivity contribution in [2.24, 2.45) is 0 Å². The Labute approximate surface area is 156 Å². The molecule has 0 atom stereocenters. The number of hydrogen-bond donors (Lipinski definition) is 0. The van der Waals surface area contributed by atoms with E-state index >= 15 is 0 Å². The van der Waals surface area contributed by atoms with Crippen LogP contribution in [0.15, 0.2) is 35.2 Å². The van der Waals surface area contributed by atoms with Crippen molar-refractivity contribution in [3.05, 3.63) is 63.2 Å². The first-order valence-electron chi connectivity index (χ1n) is 7.68. The van der Waals surface area contributed by atoms with Gasteiger partial charge in [-0.05, 0) is 18.2 Å². The second kappa shape index (κ2) is 8.31. The topological polar surface area (TPSA) is 87.9 Å². The molecule has 0 aliphatic carbocycles. The Morgan fingerprint density at radius 3 is 2.89 bits per heavy atom. The molecule has 1 aliphatic heterocycles. The molecule has 10 heteroatoms. The summed E-state index contributed by atoms with van der Waals surface area (Å²) < 4.78 is 42.2. The monoisotopic (exact) mass is 397 g/mol. The largest absolute Gasteiger partial charge is 0.467 e. The molecular weight excluding hydrogens is 384 g/mol. The summed E-state index contributed by atoms with van der Waals surface area (Å²) in [7, 11) is 0. The van der Waals surface area contributed by atoms with E-state index in [0.29, 0.717) is 16.9 Å². The molecule has 3 rings (SSSR count). The van der Waals surface area contributed by atoms with Crippen molar-refractivity contribution < 1.29 is 32.7 Å². The zero-order valence-electron chi connectivity index (χ0n) is 13.8. The number of ether oxygens (including phenoxy) is 3. The van der Waals surface area contributed by atoms with E-state index in [-0.39, 0.29) is 36.3 Å². The maximum Gasteiger partial charge on any atom is 0.316 e. The standard InChI is InChI=1S/C17H13F2NO6S/c18-12-1-2-14(19)15(5-12)27-8-16(21)25-7-11-4-13(20(22)23)3-10-6-24-9-26-17(10)11/h1-5H,6-9H2. The van der Waals surface area contributed by atoms with Crippen molar-refractivity contribution in [3.8, 4) is 5.75 Å². The molecule has 0 aromatic heterocycles. The quantitative estimate of drug-likeness (QED) is 0.319. The average Bonchev–Trinajstić information content (AvgIpc) is 2.66. The molecule has 1 aliphatic rings. The number of fused-ring (bicyclic) bond motifs is 1. The summed E-state index contributed by atoms with van der Waals surface area (Å²) in [6.07, 6.45) is 0. The fraction of sp³-hybridized carbons (Fsp3) is 0.235. The van der Waals surface area contributed by atoms with Gasteiger partial charge in [-0.3, -0.25) is 14.9 Å². The summed E-state index contributed by atoms with van der Waals surface area (Å²) in [6, 6.07) is 5.53. The van der Waals surface area contributed by atoms with E-state index in [4.69, 9.17) is 14.2 Å². The van der Waals surface area contributed by atoms with Crippen LogP contribution >= 0.6 is 11.8 Å². The Hall–Kier alpha value is -2.72. The third-order valence-corrected chi connectivity index (χ3v) is 4.61. The smallest absolute Gasteiger partial charge is 0.316 e. The number of rotatable bonds is 6. The first kappa shape index (κ1) is 19.1. The van der Waals surface area contributed by atoms with Crippen LogP contribution in [0.25, 0.3) is 0 Å². The summed E-state index contributed by atoms with van der Waals surface area (Å²) >= 11 is 0.792. The minimum absolute atomic E-state index is 0.0134. The maximum absolute atomic E-state index is 13.5. The molecule has 2 aromatic carbocycles. The molecule has 27 heavy (non-hydrogen) atoms. The lowest BCUT2D eigenvalue weighted by Gasteiger charge is -2.20. The molecule has 142 valence electrons. The highest BCUT2D eigenvalue weighted by Crippen LogP contribution is 2.33. The van der Waals surface area contributed by atoms with E-state index in [1.54, 1.807) is 0 Å². The number of thioether (sulfide) groups is 1. The fourth-order valence-corrected chi connectivity index (χ4v) is 3.18. The van der Waals surface area contributed by atoms with Crippen LogP contribution < -0.4 is 4.74 Å². The van der Waals surface area contributed by atoms with Gasteiger partial charge in [0.15, 0.2) is 6.79 Å². The normalized spacial score (nSPS) is 12.8. The van der Waals surface area contributed by atoms with Crippen molar-refractivity contribution >= 4 is 23.4 Å². The number of benzene rings is 2. The van der Waals surface area contributed by atoms with Crippen LogP contribution in [-0.4, -0.2) is 23.4 Å². The molecule has 0 spiro atoms. The van der Waals surface area contributed by atoms with Crippen LogP contribution in [-0.2, 0) is 27.5 Å². The van der Waals surface area contributed by atoms with Gasteiger partial charge in [-0.25, -0.2) is 8.78 Å². The van der Waals surface area contributed by atoms with Crippen LogP contribution in [0, 0.1) is 21.7 Å². The zero-order valence-corrected chi connectivity index (χ0v) is 14.6. The second-order valence-electron chi connectivity index (χ2n) is 5.49. The number of carbonyl (C=O) groups excluding carboxylic acids is 1. The van der Waals surface area contributed by atoms with Crippen LogP contribution in [0.3, 0.4) is 0 Å². The summed E-state index contributed by atoms with van der Waals surface area (Å²) in [5, 5.41) is 11.0. The van der Waals surface area contributed by atoms with Crippen LogP contribution in [0.2, 0.25) is 0 Å². The van der Waals surface area contributed by atoms with Crippen molar-refractivity contribution in [3.63, 3.8) is 0 Å². The van der Waals surface area contributed by atoms with Crippen molar-refractivity contribution in [1.29, 1.82) is 0 Å². The molecule has 0 amide bonds. The molecular formula is C17H13F2NO6S. The number of hydrogen-bond acceptors (Lipinski definition) is 7. The predicted octanol–water partition coefficient (Wildman–Crippen LogP) is 3.58. The molecule has 0 N–H and O–H groups in total. The number of nitrogens with zero attached hydrogens (tertiary/aromatic N) is 1. The van der Waals surface area contributed by atoms with E-state index in [0.717, 1.165) is 30.0 Å². The summed E-state index contributed by atoms with van der Waals surface area (Å²) in [5.41, 5.74) is 0.639. The maximum atomic E-state index is 13.5. The van der Waals surface area contributed by atoms with E-state index in [2.05, 4.69) is 0 Å². The van der Waals surface area contributed by atoms with E-state index < -0.39 is 22.5 Å². The van der Waals surface area contributed by atoms with Crippen molar-refractivity contribution in [2.45, 2.75) is 18.1 Å². The molecule has 7 nitrogen and oxygen atoms in total. The molecule has 0 radical (unpaired) electrons. The minimum Gasteiger partial charge on any atom is -0.467 e. The summed E-state index contributed by atoms with van der Waals surface area (Å²) in [6.45, 7) is -0.123. The third-order valence-electron chi connectivity index (χ3n) is 3.61. The minimum atomic E-state index is -0.684.